The van der Waals surface area contributed by atoms with Crippen molar-refractivity contribution in [2.45, 2.75) is 83.4 Å². The predicted octanol–water partition coefficient (Wildman–Crippen LogP) is 8.55. The van der Waals surface area contributed by atoms with Gasteiger partial charge in [0.15, 0.2) is 11.6 Å². The van der Waals surface area contributed by atoms with Gasteiger partial charge in [0.05, 0.1) is 0 Å². The number of ether oxygens (including phenoxy) is 1. The van der Waals surface area contributed by atoms with Crippen molar-refractivity contribution in [2.24, 2.45) is 29.6 Å². The van der Waals surface area contributed by atoms with Gasteiger partial charge in [-0.1, -0.05) is 18.6 Å². The van der Waals surface area contributed by atoms with Gasteiger partial charge in [0.25, 0.3) is 0 Å². The summed E-state index contributed by atoms with van der Waals surface area (Å²) in [5, 5.41) is 0. The minimum Gasteiger partial charge on any atom is -0.399 e. The van der Waals surface area contributed by atoms with Gasteiger partial charge in [-0.15, -0.1) is 13.2 Å². The average molecular weight is 457 g/mol. The first-order valence-electron chi connectivity index (χ1n) is 12.1. The molecule has 178 valence electrons. The van der Waals surface area contributed by atoms with Crippen LogP contribution in [-0.2, 0) is 0 Å². The minimum absolute atomic E-state index is 0.00564. The molecular formula is C26H33F5O. The molecule has 0 spiro atoms. The highest BCUT2D eigenvalue weighted by Crippen LogP contribution is 2.55. The van der Waals surface area contributed by atoms with Gasteiger partial charge >= 0.3 is 6.36 Å². The third-order valence-electron chi connectivity index (χ3n) is 8.34. The Balaban J connectivity index is 1.39. The third-order valence-corrected chi connectivity index (χ3v) is 8.34. The quantitative estimate of drug-likeness (QED) is 0.319. The van der Waals surface area contributed by atoms with Crippen LogP contribution in [0.25, 0.3) is 0 Å². The molecule has 6 atom stereocenters. The van der Waals surface area contributed by atoms with E-state index in [0.717, 1.165) is 55.6 Å². The van der Waals surface area contributed by atoms with Gasteiger partial charge < -0.3 is 4.74 Å². The zero-order valence-electron chi connectivity index (χ0n) is 18.6. The van der Waals surface area contributed by atoms with E-state index in [-0.39, 0.29) is 5.92 Å². The number of allylic oxidation sites excluding steroid dienone is 2. The highest BCUT2D eigenvalue weighted by atomic mass is 19.4. The van der Waals surface area contributed by atoms with Crippen molar-refractivity contribution in [3.8, 4) is 5.75 Å². The first-order valence-corrected chi connectivity index (χ1v) is 12.1. The van der Waals surface area contributed by atoms with Crippen LogP contribution in [0.4, 0.5) is 22.0 Å². The summed E-state index contributed by atoms with van der Waals surface area (Å²) in [6.07, 6.45) is 10.8. The number of halogens is 5. The molecule has 6 heteroatoms. The number of benzene rings is 1. The first kappa shape index (κ1) is 23.6. The van der Waals surface area contributed by atoms with Crippen molar-refractivity contribution in [2.75, 3.05) is 0 Å². The Morgan fingerprint density at radius 1 is 0.906 bits per heavy atom. The van der Waals surface area contributed by atoms with Crippen molar-refractivity contribution in [1.82, 2.24) is 0 Å². The number of hydrogen-bond acceptors (Lipinski definition) is 1. The molecule has 3 aliphatic carbocycles. The molecule has 3 fully saturated rings. The van der Waals surface area contributed by atoms with Crippen molar-refractivity contribution >= 4 is 0 Å². The number of fused-ring (bicyclic) bond motifs is 3. The summed E-state index contributed by atoms with van der Waals surface area (Å²) >= 11 is 0. The van der Waals surface area contributed by atoms with Crippen LogP contribution in [-0.4, -0.2) is 6.36 Å². The van der Waals surface area contributed by atoms with E-state index in [1.165, 1.54) is 38.5 Å². The Morgan fingerprint density at radius 2 is 1.53 bits per heavy atom. The van der Waals surface area contributed by atoms with E-state index >= 15 is 0 Å². The van der Waals surface area contributed by atoms with Crippen molar-refractivity contribution < 1.29 is 26.7 Å². The van der Waals surface area contributed by atoms with E-state index < -0.39 is 23.7 Å². The summed E-state index contributed by atoms with van der Waals surface area (Å²) in [5.41, 5.74) is 0.461. The van der Waals surface area contributed by atoms with Crippen LogP contribution < -0.4 is 4.74 Å². The molecule has 1 nitrogen and oxygen atoms in total. The molecule has 3 aliphatic rings. The topological polar surface area (TPSA) is 9.23 Å². The lowest BCUT2D eigenvalue weighted by Gasteiger charge is -2.51. The summed E-state index contributed by atoms with van der Waals surface area (Å²) in [7, 11) is 0. The van der Waals surface area contributed by atoms with Gasteiger partial charge in [0.1, 0.15) is 0 Å². The molecule has 1 aromatic rings. The van der Waals surface area contributed by atoms with E-state index in [1.807, 2.05) is 0 Å². The zero-order chi connectivity index (χ0) is 22.9. The molecule has 0 aliphatic heterocycles. The van der Waals surface area contributed by atoms with Crippen LogP contribution in [0.5, 0.6) is 5.75 Å². The van der Waals surface area contributed by atoms with E-state index in [9.17, 15) is 22.0 Å². The summed E-state index contributed by atoms with van der Waals surface area (Å²) < 4.78 is 69.3. The van der Waals surface area contributed by atoms with E-state index in [0.29, 0.717) is 17.4 Å². The summed E-state index contributed by atoms with van der Waals surface area (Å²) in [5.74, 6) is -0.275. The van der Waals surface area contributed by atoms with Crippen LogP contribution >= 0.6 is 0 Å². The first-order chi connectivity index (χ1) is 15.2. The van der Waals surface area contributed by atoms with Gasteiger partial charge in [-0.05, 0) is 118 Å². The largest absolute Gasteiger partial charge is 0.573 e. The van der Waals surface area contributed by atoms with Gasteiger partial charge in [0.2, 0.25) is 5.75 Å². The van der Waals surface area contributed by atoms with Gasteiger partial charge in [-0.3, -0.25) is 0 Å². The normalized spacial score (nSPS) is 33.1. The second kappa shape index (κ2) is 9.72. The molecule has 0 aromatic heterocycles. The SMILES string of the molecule is CC=CCCC1CCC2C(CCC3CC(c4cc(F)c(OC(F)(F)F)c(F)c4)CCC32)C1. The molecular weight excluding hydrogens is 423 g/mol. The highest BCUT2D eigenvalue weighted by molar-refractivity contribution is 5.33. The van der Waals surface area contributed by atoms with E-state index in [2.05, 4.69) is 23.8 Å². The Morgan fingerprint density at radius 3 is 2.16 bits per heavy atom. The van der Waals surface area contributed by atoms with Crippen LogP contribution in [0.2, 0.25) is 0 Å². The molecule has 0 bridgehead atoms. The van der Waals surface area contributed by atoms with Gasteiger partial charge in [-0.2, -0.15) is 0 Å². The summed E-state index contributed by atoms with van der Waals surface area (Å²) in [6, 6.07) is 2.08. The Labute approximate surface area is 187 Å². The standard InChI is InChI=1S/C26H33F5O/c1-2-3-4-5-16-6-10-21-18(12-16)7-8-19-13-17(9-11-22(19)21)20-14-23(27)25(24(28)15-20)32-26(29,30)31/h2-3,14-19,21-22H,4-13H2,1H3. The van der Waals surface area contributed by atoms with Crippen molar-refractivity contribution in [1.29, 1.82) is 0 Å². The molecule has 0 amide bonds. The monoisotopic (exact) mass is 456 g/mol. The third kappa shape index (κ3) is 5.31. The Hall–Kier alpha value is -1.59. The Bertz CT molecular complexity index is 794. The van der Waals surface area contributed by atoms with E-state index in [4.69, 9.17) is 0 Å². The number of rotatable bonds is 5. The molecule has 0 N–H and O–H groups in total. The van der Waals surface area contributed by atoms with Crippen LogP contribution in [0.15, 0.2) is 24.3 Å². The fourth-order valence-corrected chi connectivity index (χ4v) is 6.98. The molecule has 0 heterocycles. The molecule has 1 aromatic carbocycles. The lowest BCUT2D eigenvalue weighted by atomic mass is 9.55. The van der Waals surface area contributed by atoms with Crippen molar-refractivity contribution in [3.05, 3.63) is 41.5 Å². The van der Waals surface area contributed by atoms with Gasteiger partial charge in [0, 0.05) is 0 Å². The van der Waals surface area contributed by atoms with Crippen LogP contribution in [0.3, 0.4) is 0 Å². The predicted molar refractivity (Wildman–Crippen MR) is 114 cm³/mol. The molecule has 4 rings (SSSR count). The average Bonchev–Trinajstić information content (AvgIpc) is 2.75. The fraction of sp³-hybridized carbons (Fsp3) is 0.692. The maximum Gasteiger partial charge on any atom is 0.573 e. The maximum atomic E-state index is 14.2. The second-order valence-electron chi connectivity index (χ2n) is 10.1. The molecule has 32 heavy (non-hydrogen) atoms. The lowest BCUT2D eigenvalue weighted by molar-refractivity contribution is -0.276. The van der Waals surface area contributed by atoms with Crippen LogP contribution in [0.1, 0.15) is 82.6 Å². The second-order valence-corrected chi connectivity index (χ2v) is 10.1. The number of hydrogen-bond donors (Lipinski definition) is 0. The van der Waals surface area contributed by atoms with Crippen molar-refractivity contribution in [3.63, 3.8) is 0 Å². The van der Waals surface area contributed by atoms with E-state index in [1.54, 1.807) is 0 Å². The Kier molecular flexibility index (Phi) is 7.16. The molecule has 6 unspecified atom stereocenters. The maximum absolute atomic E-state index is 14.2. The molecule has 0 radical (unpaired) electrons. The lowest BCUT2D eigenvalue weighted by Crippen LogP contribution is -2.41. The number of alkyl halides is 3. The highest BCUT2D eigenvalue weighted by Gasteiger charge is 2.44. The fourth-order valence-electron chi connectivity index (χ4n) is 6.98. The van der Waals surface area contributed by atoms with Gasteiger partial charge in [-0.25, -0.2) is 8.78 Å². The zero-order valence-corrected chi connectivity index (χ0v) is 18.6. The van der Waals surface area contributed by atoms with Crippen LogP contribution in [0, 0.1) is 41.2 Å². The smallest absolute Gasteiger partial charge is 0.399 e. The summed E-state index contributed by atoms with van der Waals surface area (Å²) in [6.45, 7) is 2.07. The summed E-state index contributed by atoms with van der Waals surface area (Å²) in [4.78, 5) is 0. The molecule has 3 saturated carbocycles. The minimum atomic E-state index is -5.12. The molecule has 0 saturated heterocycles.